The molecule has 27 heavy (non-hydrogen) atoms. The summed E-state index contributed by atoms with van der Waals surface area (Å²) in [6.07, 6.45) is 13.9. The molecule has 150 valence electrons. The number of thiazole rings is 1. The third-order valence-corrected chi connectivity index (χ3v) is 8.06. The van der Waals surface area contributed by atoms with E-state index >= 15 is 0 Å². The van der Waals surface area contributed by atoms with Crippen molar-refractivity contribution >= 4 is 17.2 Å². The van der Waals surface area contributed by atoms with Crippen LogP contribution in [0.25, 0.3) is 0 Å². The molecule has 1 amide bonds. The molecule has 1 aliphatic heterocycles. The minimum atomic E-state index is 0.0703. The summed E-state index contributed by atoms with van der Waals surface area (Å²) in [5, 5.41) is 6.57. The summed E-state index contributed by atoms with van der Waals surface area (Å²) < 4.78 is 0. The van der Waals surface area contributed by atoms with Crippen molar-refractivity contribution in [1.29, 1.82) is 0 Å². The van der Waals surface area contributed by atoms with Gasteiger partial charge in [-0.25, -0.2) is 4.98 Å². The number of carbonyl (C=O) groups excluding carboxylic acids is 1. The maximum Gasteiger partial charge on any atom is 0.271 e. The average molecular weight is 390 g/mol. The number of hydrogen-bond acceptors (Lipinski definition) is 4. The fourth-order valence-corrected chi connectivity index (χ4v) is 6.05. The summed E-state index contributed by atoms with van der Waals surface area (Å²) in [4.78, 5) is 20.2. The molecule has 1 saturated heterocycles. The molecule has 1 aromatic heterocycles. The third kappa shape index (κ3) is 4.56. The first-order valence-electron chi connectivity index (χ1n) is 11.2. The van der Waals surface area contributed by atoms with Crippen molar-refractivity contribution in [2.75, 3.05) is 19.6 Å². The molecule has 2 aliphatic carbocycles. The van der Waals surface area contributed by atoms with Gasteiger partial charge in [0.15, 0.2) is 0 Å². The Hall–Kier alpha value is -0.940. The largest absolute Gasteiger partial charge is 0.345 e. The smallest absolute Gasteiger partial charge is 0.271 e. The van der Waals surface area contributed by atoms with Gasteiger partial charge in [0.05, 0.1) is 5.01 Å². The topological polar surface area (TPSA) is 45.2 Å². The van der Waals surface area contributed by atoms with E-state index in [1.807, 2.05) is 5.38 Å². The van der Waals surface area contributed by atoms with E-state index in [1.165, 1.54) is 82.4 Å². The van der Waals surface area contributed by atoms with Crippen LogP contribution < -0.4 is 5.32 Å². The van der Waals surface area contributed by atoms with Crippen LogP contribution in [-0.4, -0.2) is 41.0 Å². The molecule has 0 radical (unpaired) electrons. The van der Waals surface area contributed by atoms with Crippen LogP contribution in [0.2, 0.25) is 0 Å². The Morgan fingerprint density at radius 3 is 2.63 bits per heavy atom. The van der Waals surface area contributed by atoms with E-state index in [0.29, 0.717) is 17.5 Å². The van der Waals surface area contributed by atoms with Crippen LogP contribution in [0.15, 0.2) is 5.38 Å². The highest BCUT2D eigenvalue weighted by Crippen LogP contribution is 2.48. The summed E-state index contributed by atoms with van der Waals surface area (Å²) in [6.45, 7) is 5.85. The van der Waals surface area contributed by atoms with Crippen LogP contribution in [0.4, 0.5) is 0 Å². The van der Waals surface area contributed by atoms with Crippen LogP contribution in [0.3, 0.4) is 0 Å². The molecular weight excluding hydrogens is 354 g/mol. The van der Waals surface area contributed by atoms with Gasteiger partial charge >= 0.3 is 0 Å². The second-order valence-corrected chi connectivity index (χ2v) is 9.88. The normalized spacial score (nSPS) is 24.0. The van der Waals surface area contributed by atoms with Gasteiger partial charge in [0.2, 0.25) is 0 Å². The Morgan fingerprint density at radius 1 is 1.22 bits per heavy atom. The minimum Gasteiger partial charge on any atom is -0.345 e. The average Bonchev–Trinajstić information content (AvgIpc) is 3.32. The lowest BCUT2D eigenvalue weighted by Gasteiger charge is -2.31. The lowest BCUT2D eigenvalue weighted by Crippen LogP contribution is -2.43. The number of piperidine rings is 1. The van der Waals surface area contributed by atoms with Gasteiger partial charge in [-0.2, -0.15) is 0 Å². The number of aromatic nitrogens is 1. The molecule has 0 atom stereocenters. The first-order valence-corrected chi connectivity index (χ1v) is 12.1. The van der Waals surface area contributed by atoms with Crippen LogP contribution in [0, 0.1) is 5.92 Å². The zero-order valence-electron chi connectivity index (χ0n) is 16.8. The second kappa shape index (κ2) is 8.60. The summed E-state index contributed by atoms with van der Waals surface area (Å²) in [5.41, 5.74) is 0.761. The molecule has 1 aromatic rings. The molecule has 0 unspecified atom stereocenters. The van der Waals surface area contributed by atoms with E-state index in [2.05, 4.69) is 17.1 Å². The zero-order chi connectivity index (χ0) is 18.7. The number of nitrogens with zero attached hydrogens (tertiary/aromatic N) is 2. The quantitative estimate of drug-likeness (QED) is 0.716. The molecule has 1 N–H and O–H groups in total. The molecule has 2 saturated carbocycles. The van der Waals surface area contributed by atoms with Crippen molar-refractivity contribution in [1.82, 2.24) is 15.2 Å². The van der Waals surface area contributed by atoms with Crippen molar-refractivity contribution in [2.45, 2.75) is 89.0 Å². The number of rotatable bonds is 7. The maximum atomic E-state index is 12.8. The number of nitrogens with one attached hydrogen (secondary N) is 1. The number of likely N-dealkylation sites (tertiary alicyclic amines) is 1. The van der Waals surface area contributed by atoms with E-state index in [4.69, 9.17) is 4.98 Å². The third-order valence-electron chi connectivity index (χ3n) is 7.06. The van der Waals surface area contributed by atoms with Gasteiger partial charge in [0, 0.05) is 16.8 Å². The molecule has 4 rings (SSSR count). The standard InChI is InChI=1S/C22H35N3OS/c1-2-3-13-25-14-9-17(10-15-25)21-23-19(16-27-21)20(26)24-22(11-12-22)18-7-5-4-6-8-18/h16-18H,2-15H2,1H3,(H,24,26). The number of hydrogen-bond donors (Lipinski definition) is 1. The van der Waals surface area contributed by atoms with E-state index in [9.17, 15) is 4.79 Å². The van der Waals surface area contributed by atoms with Gasteiger partial charge in [-0.1, -0.05) is 32.6 Å². The SMILES string of the molecule is CCCCN1CCC(c2nc(C(=O)NC3(C4CCCCC4)CC3)cs2)CC1. The first-order chi connectivity index (χ1) is 13.2. The molecule has 0 spiro atoms. The van der Waals surface area contributed by atoms with E-state index in [-0.39, 0.29) is 11.4 Å². The molecule has 0 bridgehead atoms. The minimum absolute atomic E-state index is 0.0703. The number of amides is 1. The van der Waals surface area contributed by atoms with Gasteiger partial charge in [0.1, 0.15) is 5.69 Å². The highest BCUT2D eigenvalue weighted by Gasteiger charge is 2.50. The fraction of sp³-hybridized carbons (Fsp3) is 0.818. The van der Waals surface area contributed by atoms with Crippen LogP contribution in [0.1, 0.15) is 99.0 Å². The first kappa shape index (κ1) is 19.4. The van der Waals surface area contributed by atoms with Crippen molar-refractivity contribution in [3.05, 3.63) is 16.1 Å². The summed E-state index contributed by atoms with van der Waals surface area (Å²) in [6, 6.07) is 0. The number of carbonyl (C=O) groups is 1. The predicted octanol–water partition coefficient (Wildman–Crippen LogP) is 4.97. The van der Waals surface area contributed by atoms with Gasteiger partial charge in [-0.15, -0.1) is 11.3 Å². The highest BCUT2D eigenvalue weighted by atomic mass is 32.1. The summed E-state index contributed by atoms with van der Waals surface area (Å²) in [7, 11) is 0. The zero-order valence-corrected chi connectivity index (χ0v) is 17.7. The molecule has 4 nitrogen and oxygen atoms in total. The number of unbranched alkanes of at least 4 members (excludes halogenated alkanes) is 1. The molecule has 3 fully saturated rings. The van der Waals surface area contributed by atoms with Crippen LogP contribution in [0.5, 0.6) is 0 Å². The monoisotopic (exact) mass is 389 g/mol. The predicted molar refractivity (Wildman–Crippen MR) is 111 cm³/mol. The Balaban J connectivity index is 1.31. The molecule has 3 aliphatic rings. The molecule has 2 heterocycles. The summed E-state index contributed by atoms with van der Waals surface area (Å²) in [5.74, 6) is 1.31. The van der Waals surface area contributed by atoms with Gasteiger partial charge in [-0.3, -0.25) is 4.79 Å². The Bertz CT molecular complexity index is 625. The van der Waals surface area contributed by atoms with Crippen molar-refractivity contribution < 1.29 is 4.79 Å². The maximum absolute atomic E-state index is 12.8. The van der Waals surface area contributed by atoms with Crippen LogP contribution in [-0.2, 0) is 0 Å². The second-order valence-electron chi connectivity index (χ2n) is 8.99. The Morgan fingerprint density at radius 2 is 1.96 bits per heavy atom. The lowest BCUT2D eigenvalue weighted by molar-refractivity contribution is 0.0897. The van der Waals surface area contributed by atoms with Crippen molar-refractivity contribution in [3.8, 4) is 0 Å². The fourth-order valence-electron chi connectivity index (χ4n) is 5.08. The van der Waals surface area contributed by atoms with Crippen LogP contribution >= 0.6 is 11.3 Å². The molecule has 0 aromatic carbocycles. The molecular formula is C22H35N3OS. The van der Waals surface area contributed by atoms with Crippen molar-refractivity contribution in [2.24, 2.45) is 5.92 Å². The summed E-state index contributed by atoms with van der Waals surface area (Å²) >= 11 is 1.70. The van der Waals surface area contributed by atoms with Crippen molar-refractivity contribution in [3.63, 3.8) is 0 Å². The lowest BCUT2D eigenvalue weighted by atomic mass is 9.82. The van der Waals surface area contributed by atoms with Gasteiger partial charge in [-0.05, 0) is 70.5 Å². The molecule has 5 heteroatoms. The Labute approximate surface area is 168 Å². The Kier molecular flexibility index (Phi) is 6.18. The van der Waals surface area contributed by atoms with E-state index in [0.717, 1.165) is 12.8 Å². The van der Waals surface area contributed by atoms with E-state index < -0.39 is 0 Å². The van der Waals surface area contributed by atoms with Gasteiger partial charge < -0.3 is 10.2 Å². The van der Waals surface area contributed by atoms with Gasteiger partial charge in [0.25, 0.3) is 5.91 Å². The highest BCUT2D eigenvalue weighted by molar-refractivity contribution is 7.09. The van der Waals surface area contributed by atoms with E-state index in [1.54, 1.807) is 11.3 Å².